The van der Waals surface area contributed by atoms with Crippen molar-refractivity contribution in [1.82, 2.24) is 9.47 Å². The average molecular weight is 532 g/mol. The van der Waals surface area contributed by atoms with Gasteiger partial charge in [-0.05, 0) is 45.0 Å². The Bertz CT molecular complexity index is 1470. The highest BCUT2D eigenvalue weighted by molar-refractivity contribution is 6.23. The highest BCUT2D eigenvalue weighted by Gasteiger charge is 2.23. The molecule has 2 heterocycles. The first-order valence-electron chi connectivity index (χ1n) is 13.0. The number of aliphatic imine (C=N–C) groups is 2. The zero-order chi connectivity index (χ0) is 28.3. The van der Waals surface area contributed by atoms with Gasteiger partial charge in [0.1, 0.15) is 11.4 Å². The van der Waals surface area contributed by atoms with E-state index in [-0.39, 0.29) is 10.6 Å². The number of allylic oxidation sites excluding steroid dienone is 1. The number of anilines is 2. The maximum atomic E-state index is 12.0. The minimum absolute atomic E-state index is 0.0342. The fraction of sp³-hybridized carbons (Fsp3) is 0.379. The van der Waals surface area contributed by atoms with Crippen LogP contribution in [0.1, 0.15) is 24.5 Å². The first-order chi connectivity index (χ1) is 18.6. The molecule has 1 aromatic heterocycles. The molecule has 0 saturated carbocycles. The number of hydrogen-bond donors (Lipinski definition) is 1. The van der Waals surface area contributed by atoms with Gasteiger partial charge in [0.15, 0.2) is 0 Å². The van der Waals surface area contributed by atoms with Crippen molar-refractivity contribution >= 4 is 39.6 Å². The topological polar surface area (TPSA) is 101 Å². The van der Waals surface area contributed by atoms with E-state index < -0.39 is 0 Å². The molecule has 0 radical (unpaired) electrons. The number of likely N-dealkylation sites (N-methyl/N-ethyl adjacent to an activating group) is 2. The van der Waals surface area contributed by atoms with Gasteiger partial charge in [0, 0.05) is 63.0 Å². The lowest BCUT2D eigenvalue weighted by molar-refractivity contribution is -0.384. The van der Waals surface area contributed by atoms with Crippen LogP contribution in [0.25, 0.3) is 10.9 Å². The Morgan fingerprint density at radius 3 is 2.67 bits per heavy atom. The molecule has 4 rings (SSSR count). The summed E-state index contributed by atoms with van der Waals surface area (Å²) in [6.07, 6.45) is 4.29. The lowest BCUT2D eigenvalue weighted by atomic mass is 10.00. The van der Waals surface area contributed by atoms with Gasteiger partial charge in [-0.2, -0.15) is 0 Å². The van der Waals surface area contributed by atoms with E-state index in [1.807, 2.05) is 37.9 Å². The maximum absolute atomic E-state index is 12.0. The van der Waals surface area contributed by atoms with Crippen molar-refractivity contribution in [2.75, 3.05) is 58.6 Å². The summed E-state index contributed by atoms with van der Waals surface area (Å²) in [4.78, 5) is 24.8. The number of guanidine groups is 1. The molecule has 1 N–H and O–H groups in total. The number of aromatic nitrogens is 1. The van der Waals surface area contributed by atoms with E-state index in [4.69, 9.17) is 9.73 Å². The summed E-state index contributed by atoms with van der Waals surface area (Å²) in [6, 6.07) is 9.53. The van der Waals surface area contributed by atoms with Crippen LogP contribution in [0.4, 0.5) is 17.1 Å². The van der Waals surface area contributed by atoms with Crippen LogP contribution in [-0.4, -0.2) is 74.5 Å². The molecule has 10 heteroatoms. The molecule has 39 heavy (non-hydrogen) atoms. The fourth-order valence-corrected chi connectivity index (χ4v) is 4.94. The summed E-state index contributed by atoms with van der Waals surface area (Å²) >= 11 is 0. The predicted molar refractivity (Wildman–Crippen MR) is 160 cm³/mol. The molecule has 206 valence electrons. The van der Waals surface area contributed by atoms with Gasteiger partial charge in [-0.1, -0.05) is 24.8 Å². The highest BCUT2D eigenvalue weighted by Crippen LogP contribution is 2.38. The smallest absolute Gasteiger partial charge is 0.294 e. The van der Waals surface area contributed by atoms with Crippen molar-refractivity contribution in [3.8, 4) is 5.75 Å². The number of nitrogens with zero attached hydrogens (tertiary/aromatic N) is 6. The molecule has 3 aromatic rings. The number of para-hydroxylation sites is 1. The zero-order valence-corrected chi connectivity index (χ0v) is 23.6. The lowest BCUT2D eigenvalue weighted by Crippen LogP contribution is -2.29. The Labute approximate surface area is 229 Å². The number of aryl methyl sites for hydroxylation is 2. The van der Waals surface area contributed by atoms with Crippen LogP contribution in [0, 0.1) is 10.1 Å². The van der Waals surface area contributed by atoms with E-state index in [9.17, 15) is 10.1 Å². The molecule has 0 atom stereocenters. The molecule has 10 nitrogen and oxygen atoms in total. The van der Waals surface area contributed by atoms with Crippen molar-refractivity contribution in [3.63, 3.8) is 0 Å². The number of nitro benzene ring substituents is 1. The van der Waals surface area contributed by atoms with E-state index in [2.05, 4.69) is 45.9 Å². The summed E-state index contributed by atoms with van der Waals surface area (Å²) in [5.41, 5.74) is 5.90. The molecular weight excluding hydrogens is 494 g/mol. The minimum Gasteiger partial charge on any atom is -0.494 e. The normalized spacial score (nSPS) is 13.6. The lowest BCUT2D eigenvalue weighted by Gasteiger charge is -2.23. The Kier molecular flexibility index (Phi) is 8.35. The molecule has 2 aromatic carbocycles. The van der Waals surface area contributed by atoms with E-state index in [1.54, 1.807) is 13.1 Å². The van der Waals surface area contributed by atoms with Crippen molar-refractivity contribution in [2.45, 2.75) is 26.3 Å². The molecule has 0 amide bonds. The summed E-state index contributed by atoms with van der Waals surface area (Å²) in [6.45, 7) is 8.44. The first kappa shape index (κ1) is 27.8. The molecule has 0 bridgehead atoms. The van der Waals surface area contributed by atoms with Gasteiger partial charge in [0.2, 0.25) is 5.96 Å². The number of nitrogens with one attached hydrogen (secondary N) is 1. The standard InChI is InChI=1S/C29H37N7O3/c1-19(2)27(22-18-35-13-9-11-20-10-8-12-21(22)28(20)35)32-29(30-3)31-23-16-25(36(37)38)24(17-26(23)39-7)34(6)15-14-33(4)5/h8,10,12,16-18H,1,9,11,13-15H2,2-7H3,(H,30,31)/b32-27+. The van der Waals surface area contributed by atoms with Gasteiger partial charge in [0.25, 0.3) is 5.69 Å². The van der Waals surface area contributed by atoms with E-state index in [0.717, 1.165) is 42.5 Å². The summed E-state index contributed by atoms with van der Waals surface area (Å²) in [5.74, 6) is 0.744. The number of hydrogen-bond acceptors (Lipinski definition) is 6. The van der Waals surface area contributed by atoms with Gasteiger partial charge in [-0.3, -0.25) is 15.1 Å². The van der Waals surface area contributed by atoms with Crippen molar-refractivity contribution in [2.24, 2.45) is 9.98 Å². The Morgan fingerprint density at radius 2 is 2.03 bits per heavy atom. The summed E-state index contributed by atoms with van der Waals surface area (Å²) < 4.78 is 7.92. The second-order valence-electron chi connectivity index (χ2n) is 10.1. The minimum atomic E-state index is -0.384. The van der Waals surface area contributed by atoms with Crippen molar-refractivity contribution in [3.05, 3.63) is 69.9 Å². The van der Waals surface area contributed by atoms with Gasteiger partial charge in [0.05, 0.1) is 28.9 Å². The molecule has 0 unspecified atom stereocenters. The summed E-state index contributed by atoms with van der Waals surface area (Å²) in [7, 11) is 8.92. The Morgan fingerprint density at radius 1 is 1.26 bits per heavy atom. The molecule has 1 aliphatic heterocycles. The number of rotatable bonds is 9. The average Bonchev–Trinajstić information content (AvgIpc) is 3.28. The van der Waals surface area contributed by atoms with Crippen LogP contribution >= 0.6 is 0 Å². The number of ether oxygens (including phenoxy) is 1. The molecule has 0 saturated heterocycles. The van der Waals surface area contributed by atoms with E-state index >= 15 is 0 Å². The van der Waals surface area contributed by atoms with E-state index in [0.29, 0.717) is 35.3 Å². The monoisotopic (exact) mass is 531 g/mol. The van der Waals surface area contributed by atoms with Gasteiger partial charge >= 0.3 is 0 Å². The largest absolute Gasteiger partial charge is 0.494 e. The van der Waals surface area contributed by atoms with Crippen molar-refractivity contribution < 1.29 is 9.66 Å². The first-order valence-corrected chi connectivity index (χ1v) is 13.0. The predicted octanol–water partition coefficient (Wildman–Crippen LogP) is 4.97. The van der Waals surface area contributed by atoms with Gasteiger partial charge in [-0.15, -0.1) is 0 Å². The van der Waals surface area contributed by atoms with Crippen LogP contribution in [-0.2, 0) is 13.0 Å². The Hall–Kier alpha value is -4.18. The van der Waals surface area contributed by atoms with Gasteiger partial charge < -0.3 is 24.4 Å². The Balaban J connectivity index is 1.74. The number of nitro groups is 1. The highest BCUT2D eigenvalue weighted by atomic mass is 16.6. The van der Waals surface area contributed by atoms with E-state index in [1.165, 1.54) is 24.3 Å². The maximum Gasteiger partial charge on any atom is 0.294 e. The summed E-state index contributed by atoms with van der Waals surface area (Å²) in [5, 5.41) is 16.3. The molecule has 0 fully saturated rings. The quantitative estimate of drug-likeness (QED) is 0.181. The number of methoxy groups -OCH3 is 1. The fourth-order valence-electron chi connectivity index (χ4n) is 4.94. The molecule has 0 spiro atoms. The third-order valence-electron chi connectivity index (χ3n) is 6.95. The second-order valence-corrected chi connectivity index (χ2v) is 10.1. The van der Waals surface area contributed by atoms with Crippen molar-refractivity contribution in [1.29, 1.82) is 0 Å². The van der Waals surface area contributed by atoms with Crippen LogP contribution in [0.15, 0.2) is 58.7 Å². The SMILES string of the molecule is C=C(C)/C(=N\C(=NC)Nc1cc([N+](=O)[O-])c(N(C)CCN(C)C)cc1OC)c1cn2c3c(cccc13)CCC2. The van der Waals surface area contributed by atoms with Gasteiger partial charge in [-0.25, -0.2) is 4.99 Å². The van der Waals surface area contributed by atoms with Crippen LogP contribution in [0.2, 0.25) is 0 Å². The zero-order valence-electron chi connectivity index (χ0n) is 23.6. The van der Waals surface area contributed by atoms with Crippen LogP contribution < -0.4 is 15.0 Å². The number of benzene rings is 2. The molecular formula is C29H37N7O3. The second kappa shape index (κ2) is 11.7. The third-order valence-corrected chi connectivity index (χ3v) is 6.95. The molecule has 1 aliphatic rings. The van der Waals surface area contributed by atoms with Crippen LogP contribution in [0.3, 0.4) is 0 Å². The van der Waals surface area contributed by atoms with Crippen LogP contribution in [0.5, 0.6) is 5.75 Å². The molecule has 0 aliphatic carbocycles. The third kappa shape index (κ3) is 5.80.